The second-order valence-electron chi connectivity index (χ2n) is 7.38. The summed E-state index contributed by atoms with van der Waals surface area (Å²) in [5.74, 6) is 0.445. The number of H-pyrrole nitrogens is 1. The van der Waals surface area contributed by atoms with Gasteiger partial charge in [0.25, 0.3) is 0 Å². The lowest BCUT2D eigenvalue weighted by Crippen LogP contribution is -2.37. The molecule has 1 atom stereocenters. The van der Waals surface area contributed by atoms with Crippen LogP contribution in [0.2, 0.25) is 0 Å². The first kappa shape index (κ1) is 17.3. The molecule has 1 aliphatic rings. The van der Waals surface area contributed by atoms with Crippen LogP contribution in [0.5, 0.6) is 0 Å². The van der Waals surface area contributed by atoms with E-state index in [4.69, 9.17) is 0 Å². The third-order valence-corrected chi connectivity index (χ3v) is 5.54. The molecule has 4 rings (SSSR count). The average Bonchev–Trinajstić information content (AvgIpc) is 3.07. The molecule has 4 heteroatoms. The Bertz CT molecular complexity index is 853. The number of aliphatic hydroxyl groups excluding tert-OH is 1. The van der Waals surface area contributed by atoms with Gasteiger partial charge in [-0.05, 0) is 62.0 Å². The van der Waals surface area contributed by atoms with Crippen molar-refractivity contribution >= 4 is 10.9 Å². The number of nitrogens with one attached hydrogen (secondary N) is 1. The summed E-state index contributed by atoms with van der Waals surface area (Å²) >= 11 is 0. The highest BCUT2D eigenvalue weighted by Crippen LogP contribution is 2.27. The van der Waals surface area contributed by atoms with E-state index in [0.717, 1.165) is 48.8 Å². The largest absolute Gasteiger partial charge is 0.387 e. The predicted molar refractivity (Wildman–Crippen MR) is 103 cm³/mol. The van der Waals surface area contributed by atoms with E-state index in [1.54, 1.807) is 12.3 Å². The second kappa shape index (κ2) is 7.60. The van der Waals surface area contributed by atoms with Gasteiger partial charge >= 0.3 is 0 Å². The van der Waals surface area contributed by atoms with Crippen molar-refractivity contribution in [1.29, 1.82) is 0 Å². The van der Waals surface area contributed by atoms with Crippen molar-refractivity contribution < 1.29 is 9.50 Å². The van der Waals surface area contributed by atoms with Crippen LogP contribution in [-0.2, 0) is 6.42 Å². The highest BCUT2D eigenvalue weighted by Gasteiger charge is 2.23. The van der Waals surface area contributed by atoms with Gasteiger partial charge in [0.2, 0.25) is 0 Å². The highest BCUT2D eigenvalue weighted by atomic mass is 19.1. The fourth-order valence-corrected chi connectivity index (χ4v) is 4.05. The summed E-state index contributed by atoms with van der Waals surface area (Å²) in [4.78, 5) is 5.45. The minimum atomic E-state index is -0.601. The molecule has 0 unspecified atom stereocenters. The van der Waals surface area contributed by atoms with Gasteiger partial charge in [-0.25, -0.2) is 4.39 Å². The predicted octanol–water partition coefficient (Wildman–Crippen LogP) is 4.30. The maximum atomic E-state index is 13.5. The van der Waals surface area contributed by atoms with Gasteiger partial charge in [-0.15, -0.1) is 0 Å². The molecule has 136 valence electrons. The number of aromatic nitrogens is 1. The van der Waals surface area contributed by atoms with Crippen LogP contribution in [0.1, 0.15) is 30.1 Å². The number of halogens is 1. The Labute approximate surface area is 153 Å². The van der Waals surface area contributed by atoms with Gasteiger partial charge in [-0.1, -0.05) is 30.3 Å². The third-order valence-electron chi connectivity index (χ3n) is 5.54. The van der Waals surface area contributed by atoms with Crippen molar-refractivity contribution in [2.45, 2.75) is 25.4 Å². The first-order valence-electron chi connectivity index (χ1n) is 9.40. The maximum Gasteiger partial charge on any atom is 0.123 e. The summed E-state index contributed by atoms with van der Waals surface area (Å²) in [5.41, 5.74) is 3.06. The normalized spacial score (nSPS) is 17.6. The third kappa shape index (κ3) is 3.81. The number of hydrogen-bond acceptors (Lipinski definition) is 2. The summed E-state index contributed by atoms with van der Waals surface area (Å²) in [6.07, 6.45) is 4.65. The SMILES string of the molecule is O[C@H](CN1CCC(Cc2ccccc2)CC1)c1c[nH]c2ccc(F)cc12. The Morgan fingerprint density at radius 2 is 1.88 bits per heavy atom. The average molecular weight is 352 g/mol. The van der Waals surface area contributed by atoms with Crippen molar-refractivity contribution in [3.8, 4) is 0 Å². The number of aliphatic hydroxyl groups is 1. The van der Waals surface area contributed by atoms with Crippen LogP contribution in [0.15, 0.2) is 54.7 Å². The minimum Gasteiger partial charge on any atom is -0.387 e. The molecule has 0 saturated carbocycles. The minimum absolute atomic E-state index is 0.271. The van der Waals surface area contributed by atoms with Crippen molar-refractivity contribution in [2.24, 2.45) is 5.92 Å². The molecule has 3 aromatic rings. The molecule has 1 aliphatic heterocycles. The highest BCUT2D eigenvalue weighted by molar-refractivity contribution is 5.83. The number of aromatic amines is 1. The number of nitrogens with zero attached hydrogens (tertiary/aromatic N) is 1. The van der Waals surface area contributed by atoms with E-state index < -0.39 is 6.10 Å². The molecule has 0 bridgehead atoms. The standard InChI is InChI=1S/C22H25FN2O/c23-18-6-7-21-19(13-18)20(14-24-21)22(26)15-25-10-8-17(9-11-25)12-16-4-2-1-3-5-16/h1-7,13-14,17,22,24,26H,8-12,15H2/t22-/m1/s1. The van der Waals surface area contributed by atoms with Crippen molar-refractivity contribution in [3.05, 3.63) is 71.7 Å². The zero-order valence-corrected chi connectivity index (χ0v) is 14.9. The smallest absolute Gasteiger partial charge is 0.123 e. The summed E-state index contributed by atoms with van der Waals surface area (Å²) in [7, 11) is 0. The van der Waals surface area contributed by atoms with Crippen LogP contribution in [0.25, 0.3) is 10.9 Å². The summed E-state index contributed by atoms with van der Waals surface area (Å²) in [5, 5.41) is 11.4. The van der Waals surface area contributed by atoms with Gasteiger partial charge in [-0.2, -0.15) is 0 Å². The Hall–Kier alpha value is -2.17. The number of β-amino-alcohol motifs (C(OH)–C–C–N with tert-alkyl or cyclic N) is 1. The van der Waals surface area contributed by atoms with Crippen LogP contribution in [0.3, 0.4) is 0 Å². The van der Waals surface area contributed by atoms with E-state index in [-0.39, 0.29) is 5.82 Å². The van der Waals surface area contributed by atoms with Gasteiger partial charge < -0.3 is 15.0 Å². The summed E-state index contributed by atoms with van der Waals surface area (Å²) < 4.78 is 13.5. The lowest BCUT2D eigenvalue weighted by molar-refractivity contribution is 0.0901. The Morgan fingerprint density at radius 3 is 2.65 bits per heavy atom. The zero-order valence-electron chi connectivity index (χ0n) is 14.9. The first-order chi connectivity index (χ1) is 12.7. The Balaban J connectivity index is 1.34. The lowest BCUT2D eigenvalue weighted by Gasteiger charge is -2.33. The maximum absolute atomic E-state index is 13.5. The molecule has 0 radical (unpaired) electrons. The number of piperidine rings is 1. The quantitative estimate of drug-likeness (QED) is 0.719. The number of hydrogen-bond donors (Lipinski definition) is 2. The number of fused-ring (bicyclic) bond motifs is 1. The molecule has 2 aromatic carbocycles. The molecule has 1 fully saturated rings. The molecular formula is C22H25FN2O. The first-order valence-corrected chi connectivity index (χ1v) is 9.40. The molecule has 26 heavy (non-hydrogen) atoms. The van der Waals surface area contributed by atoms with Crippen molar-refractivity contribution in [3.63, 3.8) is 0 Å². The lowest BCUT2D eigenvalue weighted by atomic mass is 9.90. The van der Waals surface area contributed by atoms with E-state index in [1.807, 2.05) is 0 Å². The van der Waals surface area contributed by atoms with E-state index in [0.29, 0.717) is 12.5 Å². The monoisotopic (exact) mass is 352 g/mol. The molecular weight excluding hydrogens is 327 g/mol. The van der Waals surface area contributed by atoms with Crippen LogP contribution >= 0.6 is 0 Å². The molecule has 2 heterocycles. The molecule has 2 N–H and O–H groups in total. The molecule has 1 saturated heterocycles. The number of rotatable bonds is 5. The second-order valence-corrected chi connectivity index (χ2v) is 7.38. The van der Waals surface area contributed by atoms with Gasteiger partial charge in [-0.3, -0.25) is 0 Å². The number of benzene rings is 2. The molecule has 0 spiro atoms. The van der Waals surface area contributed by atoms with E-state index in [2.05, 4.69) is 40.2 Å². The molecule has 0 aliphatic carbocycles. The van der Waals surface area contributed by atoms with Gasteiger partial charge in [0, 0.05) is 29.2 Å². The Morgan fingerprint density at radius 1 is 1.12 bits per heavy atom. The summed E-state index contributed by atoms with van der Waals surface area (Å²) in [6, 6.07) is 15.3. The van der Waals surface area contributed by atoms with Gasteiger partial charge in [0.05, 0.1) is 6.10 Å². The molecule has 0 amide bonds. The van der Waals surface area contributed by atoms with Crippen LogP contribution < -0.4 is 0 Å². The zero-order chi connectivity index (χ0) is 17.9. The Kier molecular flexibility index (Phi) is 5.05. The van der Waals surface area contributed by atoms with Crippen molar-refractivity contribution in [2.75, 3.05) is 19.6 Å². The van der Waals surface area contributed by atoms with Gasteiger partial charge in [0.15, 0.2) is 0 Å². The van der Waals surface area contributed by atoms with Crippen molar-refractivity contribution in [1.82, 2.24) is 9.88 Å². The van der Waals surface area contributed by atoms with Crippen LogP contribution in [0, 0.1) is 11.7 Å². The summed E-state index contributed by atoms with van der Waals surface area (Å²) in [6.45, 7) is 2.61. The number of likely N-dealkylation sites (tertiary alicyclic amines) is 1. The molecule has 1 aromatic heterocycles. The van der Waals surface area contributed by atoms with E-state index in [9.17, 15) is 9.50 Å². The van der Waals surface area contributed by atoms with Crippen LogP contribution in [-0.4, -0.2) is 34.6 Å². The van der Waals surface area contributed by atoms with E-state index >= 15 is 0 Å². The molecule has 3 nitrogen and oxygen atoms in total. The fraction of sp³-hybridized carbons (Fsp3) is 0.364. The van der Waals surface area contributed by atoms with Crippen LogP contribution in [0.4, 0.5) is 4.39 Å². The fourth-order valence-electron chi connectivity index (χ4n) is 4.05. The topological polar surface area (TPSA) is 39.3 Å². The van der Waals surface area contributed by atoms with E-state index in [1.165, 1.54) is 17.7 Å². The van der Waals surface area contributed by atoms with Gasteiger partial charge in [0.1, 0.15) is 5.82 Å².